The van der Waals surface area contributed by atoms with Crippen molar-refractivity contribution in [1.29, 1.82) is 0 Å². The highest BCUT2D eigenvalue weighted by Crippen LogP contribution is 2.39. The highest BCUT2D eigenvalue weighted by molar-refractivity contribution is 6.31. The van der Waals surface area contributed by atoms with Gasteiger partial charge >= 0.3 is 18.3 Å². The maximum Gasteiger partial charge on any atom is 0.416 e. The maximum absolute atomic E-state index is 13.3. The molecule has 0 fully saturated rings. The van der Waals surface area contributed by atoms with Gasteiger partial charge in [-0.25, -0.2) is 0 Å². The summed E-state index contributed by atoms with van der Waals surface area (Å²) in [7, 11) is 0.939. The first-order valence-electron chi connectivity index (χ1n) is 9.19. The molecule has 1 amide bonds. The summed E-state index contributed by atoms with van der Waals surface area (Å²) in [6.45, 7) is 0. The summed E-state index contributed by atoms with van der Waals surface area (Å²) in [4.78, 5) is 27.2. The van der Waals surface area contributed by atoms with Gasteiger partial charge in [-0.1, -0.05) is 11.6 Å². The molecule has 0 saturated carbocycles. The van der Waals surface area contributed by atoms with Crippen molar-refractivity contribution in [2.24, 2.45) is 5.73 Å². The molecule has 1 aromatic heterocycles. The minimum absolute atomic E-state index is 0.0435. The number of amides is 1. The number of alkyl halides is 6. The summed E-state index contributed by atoms with van der Waals surface area (Å²) in [5, 5.41) is 0.569. The van der Waals surface area contributed by atoms with E-state index in [0.29, 0.717) is 23.0 Å². The summed E-state index contributed by atoms with van der Waals surface area (Å²) in [5.74, 6) is -3.66. The Kier molecular flexibility index (Phi) is 6.38. The van der Waals surface area contributed by atoms with Crippen LogP contribution in [0.2, 0.25) is 5.02 Å². The first-order chi connectivity index (χ1) is 15.2. The van der Waals surface area contributed by atoms with Gasteiger partial charge < -0.3 is 15.5 Å². The molecular formula is C21H15ClF6N2O3. The number of hydrogen-bond donors (Lipinski definition) is 2. The Hall–Kier alpha value is -3.21. The molecule has 5 nitrogen and oxygen atoms in total. The van der Waals surface area contributed by atoms with Gasteiger partial charge in [0.05, 0.1) is 24.2 Å². The smallest absolute Gasteiger partial charge is 0.416 e. The molecule has 1 heterocycles. The van der Waals surface area contributed by atoms with Crippen LogP contribution in [0, 0.1) is 0 Å². The van der Waals surface area contributed by atoms with E-state index in [4.69, 9.17) is 17.3 Å². The van der Waals surface area contributed by atoms with Crippen molar-refractivity contribution < 1.29 is 40.7 Å². The first-order valence-corrected chi connectivity index (χ1v) is 9.57. The second-order valence-corrected chi connectivity index (χ2v) is 7.59. The van der Waals surface area contributed by atoms with Gasteiger partial charge in [-0.2, -0.15) is 26.3 Å². The molecule has 0 spiro atoms. The van der Waals surface area contributed by atoms with E-state index < -0.39 is 53.3 Å². The highest BCUT2D eigenvalue weighted by atomic mass is 35.5. The van der Waals surface area contributed by atoms with E-state index in [-0.39, 0.29) is 22.3 Å². The summed E-state index contributed by atoms with van der Waals surface area (Å²) >= 11 is 5.99. The molecule has 12 heteroatoms. The number of halogens is 7. The number of aromatic nitrogens is 1. The Morgan fingerprint density at radius 2 is 1.61 bits per heavy atom. The Morgan fingerprint density at radius 3 is 2.09 bits per heavy atom. The fourth-order valence-corrected chi connectivity index (χ4v) is 3.68. The Labute approximate surface area is 187 Å². The number of primary amides is 1. The molecule has 0 aliphatic rings. The zero-order valence-corrected chi connectivity index (χ0v) is 17.5. The molecule has 1 atom stereocenters. The molecule has 33 heavy (non-hydrogen) atoms. The van der Waals surface area contributed by atoms with Gasteiger partial charge in [0.2, 0.25) is 0 Å². The number of nitrogens with one attached hydrogen (secondary N) is 1. The molecule has 0 aliphatic heterocycles. The molecule has 1 unspecified atom stereocenters. The predicted octanol–water partition coefficient (Wildman–Crippen LogP) is 5.46. The number of carbonyl (C=O) groups is 2. The lowest BCUT2D eigenvalue weighted by Gasteiger charge is -2.20. The predicted molar refractivity (Wildman–Crippen MR) is 107 cm³/mol. The van der Waals surface area contributed by atoms with E-state index in [1.165, 1.54) is 18.2 Å². The van der Waals surface area contributed by atoms with Crippen LogP contribution in [0.15, 0.2) is 36.4 Å². The minimum Gasteiger partial charge on any atom is -0.469 e. The second kappa shape index (κ2) is 8.62. The minimum atomic E-state index is -5.11. The van der Waals surface area contributed by atoms with Gasteiger partial charge in [-0.05, 0) is 53.9 Å². The average molecular weight is 493 g/mol. The van der Waals surface area contributed by atoms with E-state index in [2.05, 4.69) is 9.72 Å². The van der Waals surface area contributed by atoms with Gasteiger partial charge in [0.1, 0.15) is 5.69 Å². The third-order valence-corrected chi connectivity index (χ3v) is 5.26. The Morgan fingerprint density at radius 1 is 1.03 bits per heavy atom. The van der Waals surface area contributed by atoms with Gasteiger partial charge in [-0.3, -0.25) is 9.59 Å². The standard InChI is InChI=1S/C21H15ClF6N2O3/c1-33-19(32)13(9-4-10(20(23,24)25)6-11(5-9)21(26,27)28)8-15-14-7-12(22)2-3-16(14)30-17(15)18(29)31/h2-7,13,30H,8H2,1H3,(H2,29,31). The molecule has 2 aromatic carbocycles. The van der Waals surface area contributed by atoms with Crippen molar-refractivity contribution in [2.45, 2.75) is 24.7 Å². The summed E-state index contributed by atoms with van der Waals surface area (Å²) in [6, 6.07) is 5.28. The van der Waals surface area contributed by atoms with Crippen molar-refractivity contribution in [1.82, 2.24) is 4.98 Å². The fourth-order valence-electron chi connectivity index (χ4n) is 3.51. The fraction of sp³-hybridized carbons (Fsp3) is 0.238. The zero-order valence-electron chi connectivity index (χ0n) is 16.7. The zero-order chi connectivity index (χ0) is 24.7. The topological polar surface area (TPSA) is 85.2 Å². The normalized spacial score (nSPS) is 13.2. The third kappa shape index (κ3) is 5.08. The lowest BCUT2D eigenvalue weighted by Crippen LogP contribution is -2.21. The Balaban J connectivity index is 2.24. The van der Waals surface area contributed by atoms with Gasteiger partial charge in [0.25, 0.3) is 5.91 Å². The van der Waals surface area contributed by atoms with Crippen LogP contribution in [0.1, 0.15) is 38.7 Å². The molecule has 0 bridgehead atoms. The number of hydrogen-bond acceptors (Lipinski definition) is 3. The highest BCUT2D eigenvalue weighted by Gasteiger charge is 2.38. The number of ether oxygens (including phenoxy) is 1. The maximum atomic E-state index is 13.3. The SMILES string of the molecule is COC(=O)C(Cc1c(C(N)=O)[nH]c2ccc(Cl)cc12)c1cc(C(F)(F)F)cc(C(F)(F)F)c1. The van der Waals surface area contributed by atoms with Crippen LogP contribution in [-0.2, 0) is 28.3 Å². The van der Waals surface area contributed by atoms with Gasteiger partial charge in [0, 0.05) is 15.9 Å². The van der Waals surface area contributed by atoms with Crippen LogP contribution >= 0.6 is 11.6 Å². The van der Waals surface area contributed by atoms with Gasteiger partial charge in [0.15, 0.2) is 0 Å². The largest absolute Gasteiger partial charge is 0.469 e. The van der Waals surface area contributed by atoms with Crippen LogP contribution < -0.4 is 5.73 Å². The van der Waals surface area contributed by atoms with Crippen LogP contribution in [0.5, 0.6) is 0 Å². The molecule has 0 saturated heterocycles. The molecule has 3 aromatic rings. The number of aromatic amines is 1. The summed E-state index contributed by atoms with van der Waals surface area (Å²) < 4.78 is 84.6. The van der Waals surface area contributed by atoms with E-state index >= 15 is 0 Å². The van der Waals surface area contributed by atoms with Crippen molar-refractivity contribution in [3.8, 4) is 0 Å². The van der Waals surface area contributed by atoms with E-state index in [1.54, 1.807) is 0 Å². The van der Waals surface area contributed by atoms with Crippen molar-refractivity contribution in [2.75, 3.05) is 7.11 Å². The summed E-state index contributed by atoms with van der Waals surface area (Å²) in [6.07, 6.45) is -10.7. The molecule has 3 rings (SSSR count). The summed E-state index contributed by atoms with van der Waals surface area (Å²) in [5.41, 5.74) is 1.95. The Bertz CT molecular complexity index is 1200. The van der Waals surface area contributed by atoms with E-state index in [1.807, 2.05) is 0 Å². The molecule has 176 valence electrons. The number of methoxy groups -OCH3 is 1. The van der Waals surface area contributed by atoms with Crippen molar-refractivity contribution in [3.05, 3.63) is 69.4 Å². The number of nitrogens with two attached hydrogens (primary N) is 1. The third-order valence-electron chi connectivity index (χ3n) is 5.02. The van der Waals surface area contributed by atoms with E-state index in [0.717, 1.165) is 7.11 Å². The van der Waals surface area contributed by atoms with E-state index in [9.17, 15) is 35.9 Å². The quantitative estimate of drug-likeness (QED) is 0.366. The lowest BCUT2D eigenvalue weighted by atomic mass is 9.88. The number of carbonyl (C=O) groups excluding carboxylic acids is 2. The molecule has 0 aliphatic carbocycles. The number of H-pyrrole nitrogens is 1. The van der Waals surface area contributed by atoms with Gasteiger partial charge in [-0.15, -0.1) is 0 Å². The number of rotatable bonds is 5. The molecular weight excluding hydrogens is 478 g/mol. The lowest BCUT2D eigenvalue weighted by molar-refractivity contribution is -0.145. The monoisotopic (exact) mass is 492 g/mol. The first kappa shape index (κ1) is 24.4. The van der Waals surface area contributed by atoms with Crippen molar-refractivity contribution >= 4 is 34.4 Å². The number of fused-ring (bicyclic) bond motifs is 1. The molecule has 0 radical (unpaired) electrons. The van der Waals surface area contributed by atoms with Crippen molar-refractivity contribution in [3.63, 3.8) is 0 Å². The van der Waals surface area contributed by atoms with Crippen LogP contribution in [-0.4, -0.2) is 24.0 Å². The number of benzene rings is 2. The number of esters is 1. The van der Waals surface area contributed by atoms with Crippen LogP contribution in [0.4, 0.5) is 26.3 Å². The molecule has 3 N–H and O–H groups in total. The van der Waals surface area contributed by atoms with Crippen LogP contribution in [0.25, 0.3) is 10.9 Å². The van der Waals surface area contributed by atoms with Crippen LogP contribution in [0.3, 0.4) is 0 Å². The second-order valence-electron chi connectivity index (χ2n) is 7.15. The average Bonchev–Trinajstić information content (AvgIpc) is 3.07.